The zero-order valence-corrected chi connectivity index (χ0v) is 8.31. The third-order valence-electron chi connectivity index (χ3n) is 2.27. The van der Waals surface area contributed by atoms with E-state index in [1.165, 1.54) is 0 Å². The predicted molar refractivity (Wildman–Crippen MR) is 59.0 cm³/mol. The van der Waals surface area contributed by atoms with Crippen molar-refractivity contribution in [1.82, 2.24) is 4.98 Å². The number of fused-ring (bicyclic) bond motifs is 1. The molecule has 0 amide bonds. The van der Waals surface area contributed by atoms with E-state index in [9.17, 15) is 0 Å². The van der Waals surface area contributed by atoms with Crippen LogP contribution in [0.25, 0.3) is 10.8 Å². The van der Waals surface area contributed by atoms with E-state index in [0.717, 1.165) is 16.3 Å². The molecule has 76 valence electrons. The summed E-state index contributed by atoms with van der Waals surface area (Å²) < 4.78 is 0. The minimum absolute atomic E-state index is 0.0335. The monoisotopic (exact) mass is 201 g/mol. The van der Waals surface area contributed by atoms with E-state index in [2.05, 4.69) is 10.1 Å². The second kappa shape index (κ2) is 3.57. The molecule has 4 heteroatoms. The van der Waals surface area contributed by atoms with Crippen molar-refractivity contribution in [3.05, 3.63) is 41.7 Å². The van der Waals surface area contributed by atoms with Gasteiger partial charge in [0.15, 0.2) is 5.84 Å². The van der Waals surface area contributed by atoms with E-state index < -0.39 is 0 Å². The molecule has 0 saturated carbocycles. The fraction of sp³-hybridized carbons (Fsp3) is 0.0909. The summed E-state index contributed by atoms with van der Waals surface area (Å²) in [4.78, 5) is 4.10. The van der Waals surface area contributed by atoms with Crippen LogP contribution in [0.3, 0.4) is 0 Å². The number of pyridine rings is 1. The van der Waals surface area contributed by atoms with Gasteiger partial charge in [0.25, 0.3) is 0 Å². The van der Waals surface area contributed by atoms with E-state index in [0.29, 0.717) is 5.69 Å². The second-order valence-electron chi connectivity index (χ2n) is 3.37. The zero-order chi connectivity index (χ0) is 10.8. The van der Waals surface area contributed by atoms with Crippen LogP contribution in [0.15, 0.2) is 35.6 Å². The van der Waals surface area contributed by atoms with Gasteiger partial charge in [-0.25, -0.2) is 0 Å². The first-order chi connectivity index (χ1) is 7.22. The fourth-order valence-electron chi connectivity index (χ4n) is 1.53. The number of nitrogens with two attached hydrogens (primary N) is 1. The lowest BCUT2D eigenvalue weighted by atomic mass is 10.1. The van der Waals surface area contributed by atoms with E-state index >= 15 is 0 Å². The molecule has 4 nitrogen and oxygen atoms in total. The van der Waals surface area contributed by atoms with Gasteiger partial charge < -0.3 is 10.9 Å². The smallest absolute Gasteiger partial charge is 0.189 e. The summed E-state index contributed by atoms with van der Waals surface area (Å²) in [7, 11) is 0. The van der Waals surface area contributed by atoms with Crippen molar-refractivity contribution < 1.29 is 5.21 Å². The Morgan fingerprint density at radius 3 is 2.93 bits per heavy atom. The lowest BCUT2D eigenvalue weighted by Gasteiger charge is -2.04. The molecule has 0 radical (unpaired) electrons. The van der Waals surface area contributed by atoms with E-state index in [4.69, 9.17) is 10.9 Å². The van der Waals surface area contributed by atoms with Crippen LogP contribution in [0.4, 0.5) is 0 Å². The van der Waals surface area contributed by atoms with Gasteiger partial charge in [0.05, 0.1) is 0 Å². The lowest BCUT2D eigenvalue weighted by Crippen LogP contribution is -2.15. The van der Waals surface area contributed by atoms with Crippen molar-refractivity contribution in [1.29, 1.82) is 0 Å². The van der Waals surface area contributed by atoms with Gasteiger partial charge in [0.1, 0.15) is 5.69 Å². The number of nitrogens with zero attached hydrogens (tertiary/aromatic N) is 2. The predicted octanol–water partition coefficient (Wildman–Crippen LogP) is 1.64. The van der Waals surface area contributed by atoms with Crippen molar-refractivity contribution in [2.24, 2.45) is 10.9 Å². The molecule has 0 saturated heterocycles. The maximum Gasteiger partial charge on any atom is 0.189 e. The minimum Gasteiger partial charge on any atom is -0.409 e. The summed E-state index contributed by atoms with van der Waals surface area (Å²) in [6, 6.07) is 7.86. The van der Waals surface area contributed by atoms with Crippen molar-refractivity contribution >= 4 is 16.6 Å². The summed E-state index contributed by atoms with van der Waals surface area (Å²) >= 11 is 0. The first-order valence-corrected chi connectivity index (χ1v) is 4.55. The number of rotatable bonds is 1. The molecule has 0 fully saturated rings. The van der Waals surface area contributed by atoms with E-state index in [-0.39, 0.29) is 5.84 Å². The van der Waals surface area contributed by atoms with Crippen molar-refractivity contribution in [3.8, 4) is 0 Å². The average molecular weight is 201 g/mol. The van der Waals surface area contributed by atoms with Gasteiger partial charge >= 0.3 is 0 Å². The molecule has 0 aliphatic carbocycles. The second-order valence-corrected chi connectivity index (χ2v) is 3.37. The van der Waals surface area contributed by atoms with Crippen molar-refractivity contribution in [3.63, 3.8) is 0 Å². The molecule has 0 bridgehead atoms. The number of benzene rings is 1. The van der Waals surface area contributed by atoms with E-state index in [1.54, 1.807) is 6.20 Å². The quantitative estimate of drug-likeness (QED) is 0.319. The SMILES string of the molecule is Cc1ccc2ccnc(C(N)=NO)c2c1. The number of aryl methyl sites for hydroxylation is 1. The van der Waals surface area contributed by atoms with Crippen molar-refractivity contribution in [2.45, 2.75) is 6.92 Å². The normalized spacial score (nSPS) is 11.9. The molecular weight excluding hydrogens is 190 g/mol. The molecule has 3 N–H and O–H groups in total. The molecular formula is C11H11N3O. The molecule has 2 aromatic rings. The summed E-state index contributed by atoms with van der Waals surface area (Å²) in [6.07, 6.45) is 1.64. The Kier molecular flexibility index (Phi) is 2.25. The zero-order valence-electron chi connectivity index (χ0n) is 8.31. The Labute approximate surface area is 87.0 Å². The van der Waals surface area contributed by atoms with Crippen LogP contribution in [0.5, 0.6) is 0 Å². The Hall–Kier alpha value is -2.10. The number of amidine groups is 1. The highest BCUT2D eigenvalue weighted by Crippen LogP contribution is 2.18. The maximum absolute atomic E-state index is 8.64. The summed E-state index contributed by atoms with van der Waals surface area (Å²) in [5.41, 5.74) is 7.17. The Morgan fingerprint density at radius 1 is 1.40 bits per heavy atom. The van der Waals surface area contributed by atoms with Crippen LogP contribution in [-0.2, 0) is 0 Å². The molecule has 0 unspecified atom stereocenters. The number of aromatic nitrogens is 1. The molecule has 0 aliphatic heterocycles. The Bertz CT molecular complexity index is 534. The van der Waals surface area contributed by atoms with E-state index in [1.807, 2.05) is 31.2 Å². The van der Waals surface area contributed by atoms with Gasteiger partial charge in [-0.1, -0.05) is 22.9 Å². The molecule has 0 atom stereocenters. The van der Waals surface area contributed by atoms with Crippen LogP contribution in [0.1, 0.15) is 11.3 Å². The van der Waals surface area contributed by atoms with Gasteiger partial charge in [-0.05, 0) is 24.4 Å². The molecule has 2 rings (SSSR count). The Morgan fingerprint density at radius 2 is 2.20 bits per heavy atom. The highest BCUT2D eigenvalue weighted by atomic mass is 16.4. The molecule has 1 aromatic carbocycles. The molecule has 0 spiro atoms. The van der Waals surface area contributed by atoms with Crippen LogP contribution in [-0.4, -0.2) is 16.0 Å². The number of oxime groups is 1. The summed E-state index contributed by atoms with van der Waals surface area (Å²) in [5, 5.41) is 13.5. The van der Waals surface area contributed by atoms with Crippen molar-refractivity contribution in [2.75, 3.05) is 0 Å². The molecule has 1 heterocycles. The first kappa shape index (κ1) is 9.45. The third-order valence-corrected chi connectivity index (χ3v) is 2.27. The molecule has 0 aliphatic rings. The van der Waals surface area contributed by atoms with Crippen LogP contribution in [0.2, 0.25) is 0 Å². The Balaban J connectivity index is 2.79. The van der Waals surface area contributed by atoms with Gasteiger partial charge in [-0.3, -0.25) is 4.98 Å². The first-order valence-electron chi connectivity index (χ1n) is 4.55. The van der Waals surface area contributed by atoms with Crippen LogP contribution in [0, 0.1) is 6.92 Å². The average Bonchev–Trinajstić information content (AvgIpc) is 2.27. The molecule has 15 heavy (non-hydrogen) atoms. The largest absolute Gasteiger partial charge is 0.409 e. The van der Waals surface area contributed by atoms with Gasteiger partial charge in [-0.2, -0.15) is 0 Å². The van der Waals surface area contributed by atoms with Gasteiger partial charge in [0, 0.05) is 11.6 Å². The fourth-order valence-corrected chi connectivity index (χ4v) is 1.53. The topological polar surface area (TPSA) is 71.5 Å². The highest BCUT2D eigenvalue weighted by molar-refractivity contribution is 6.07. The summed E-state index contributed by atoms with van der Waals surface area (Å²) in [6.45, 7) is 1.99. The van der Waals surface area contributed by atoms with Crippen LogP contribution < -0.4 is 5.73 Å². The third kappa shape index (κ3) is 1.61. The summed E-state index contributed by atoms with van der Waals surface area (Å²) in [5.74, 6) is 0.0335. The van der Waals surface area contributed by atoms with Gasteiger partial charge in [-0.15, -0.1) is 0 Å². The number of hydrogen-bond acceptors (Lipinski definition) is 3. The lowest BCUT2D eigenvalue weighted by molar-refractivity contribution is 0.318. The van der Waals surface area contributed by atoms with Gasteiger partial charge in [0.2, 0.25) is 0 Å². The number of hydrogen-bond donors (Lipinski definition) is 2. The molecule has 1 aromatic heterocycles. The standard InChI is InChI=1S/C11H11N3O/c1-7-2-3-8-4-5-13-10(9(8)6-7)11(12)14-15/h2-6,15H,1H3,(H2,12,14). The highest BCUT2D eigenvalue weighted by Gasteiger charge is 2.06. The maximum atomic E-state index is 8.64. The minimum atomic E-state index is 0.0335. The van der Waals surface area contributed by atoms with Crippen LogP contribution >= 0.6 is 0 Å².